The maximum absolute atomic E-state index is 12.5. The molecule has 2 N–H and O–H groups in total. The van der Waals surface area contributed by atoms with Crippen molar-refractivity contribution in [3.05, 3.63) is 59.7 Å². The molecule has 0 unspecified atom stereocenters. The average molecular weight is 412 g/mol. The molecule has 0 atom stereocenters. The van der Waals surface area contributed by atoms with Gasteiger partial charge in [-0.3, -0.25) is 4.79 Å². The number of para-hydroxylation sites is 1. The van der Waals surface area contributed by atoms with E-state index in [0.717, 1.165) is 17.7 Å². The summed E-state index contributed by atoms with van der Waals surface area (Å²) >= 11 is 0. The number of hydrogen-bond acceptors (Lipinski definition) is 4. The van der Waals surface area contributed by atoms with Gasteiger partial charge in [-0.1, -0.05) is 24.3 Å². The SMILES string of the molecule is NS(=O)(=O)c1ccc2c(c1)N(C(=O)/C=C/c1ccccc1OC(F)(F)F)CC2. The van der Waals surface area contributed by atoms with E-state index in [1.165, 1.54) is 41.3 Å². The van der Waals surface area contributed by atoms with E-state index in [1.807, 2.05) is 0 Å². The summed E-state index contributed by atoms with van der Waals surface area (Å²) < 4.78 is 64.4. The van der Waals surface area contributed by atoms with Crippen LogP contribution in [-0.4, -0.2) is 27.2 Å². The van der Waals surface area contributed by atoms with E-state index in [9.17, 15) is 26.4 Å². The number of benzene rings is 2. The Morgan fingerprint density at radius 3 is 2.57 bits per heavy atom. The van der Waals surface area contributed by atoms with Gasteiger partial charge in [0.25, 0.3) is 5.91 Å². The number of halogens is 3. The summed E-state index contributed by atoms with van der Waals surface area (Å²) in [6.45, 7) is 0.313. The summed E-state index contributed by atoms with van der Waals surface area (Å²) in [7, 11) is -3.93. The minimum Gasteiger partial charge on any atom is -0.405 e. The number of hydrogen-bond donors (Lipinski definition) is 1. The van der Waals surface area contributed by atoms with Crippen LogP contribution in [0.15, 0.2) is 53.4 Å². The Kier molecular flexibility index (Phi) is 5.18. The molecule has 1 aliphatic rings. The number of carbonyl (C=O) groups excluding carboxylic acids is 1. The van der Waals surface area contributed by atoms with Gasteiger partial charge in [-0.25, -0.2) is 13.6 Å². The van der Waals surface area contributed by atoms with Crippen molar-refractivity contribution in [2.24, 2.45) is 5.14 Å². The van der Waals surface area contributed by atoms with Crippen LogP contribution in [0.1, 0.15) is 11.1 Å². The summed E-state index contributed by atoms with van der Waals surface area (Å²) in [5.74, 6) is -0.940. The molecule has 1 heterocycles. The zero-order valence-electron chi connectivity index (χ0n) is 14.3. The highest BCUT2D eigenvalue weighted by Crippen LogP contribution is 2.31. The number of nitrogens with zero attached hydrogens (tertiary/aromatic N) is 1. The quantitative estimate of drug-likeness (QED) is 0.782. The van der Waals surface area contributed by atoms with Crippen LogP contribution in [0.4, 0.5) is 18.9 Å². The maximum Gasteiger partial charge on any atom is 0.573 e. The number of sulfonamides is 1. The first-order valence-electron chi connectivity index (χ1n) is 8.05. The zero-order valence-corrected chi connectivity index (χ0v) is 15.1. The van der Waals surface area contributed by atoms with E-state index in [0.29, 0.717) is 18.7 Å². The van der Waals surface area contributed by atoms with Crippen molar-refractivity contribution in [2.45, 2.75) is 17.7 Å². The predicted octanol–water partition coefficient (Wildman–Crippen LogP) is 2.84. The van der Waals surface area contributed by atoms with Crippen LogP contribution in [-0.2, 0) is 21.2 Å². The van der Waals surface area contributed by atoms with Crippen LogP contribution in [0.2, 0.25) is 0 Å². The van der Waals surface area contributed by atoms with Gasteiger partial charge in [0, 0.05) is 23.9 Å². The second-order valence-electron chi connectivity index (χ2n) is 5.99. The lowest BCUT2D eigenvalue weighted by molar-refractivity contribution is -0.274. The number of amides is 1. The molecule has 0 bridgehead atoms. The first-order valence-corrected chi connectivity index (χ1v) is 9.59. The van der Waals surface area contributed by atoms with Crippen molar-refractivity contribution in [2.75, 3.05) is 11.4 Å². The molecule has 1 amide bonds. The molecule has 0 radical (unpaired) electrons. The van der Waals surface area contributed by atoms with Gasteiger partial charge in [-0.05, 0) is 36.3 Å². The molecule has 3 rings (SSSR count). The third kappa shape index (κ3) is 4.52. The molecule has 0 aliphatic carbocycles. The molecule has 1 aliphatic heterocycles. The van der Waals surface area contributed by atoms with Gasteiger partial charge in [-0.2, -0.15) is 0 Å². The summed E-state index contributed by atoms with van der Waals surface area (Å²) in [5.41, 5.74) is 1.25. The van der Waals surface area contributed by atoms with Crippen LogP contribution in [0.25, 0.3) is 6.08 Å². The van der Waals surface area contributed by atoms with Gasteiger partial charge in [0.2, 0.25) is 10.0 Å². The highest BCUT2D eigenvalue weighted by molar-refractivity contribution is 7.89. The molecule has 0 saturated heterocycles. The van der Waals surface area contributed by atoms with Crippen LogP contribution < -0.4 is 14.8 Å². The lowest BCUT2D eigenvalue weighted by Crippen LogP contribution is -2.27. The van der Waals surface area contributed by atoms with E-state index in [4.69, 9.17) is 5.14 Å². The fourth-order valence-electron chi connectivity index (χ4n) is 2.85. The molecule has 0 aromatic heterocycles. The molecule has 2 aromatic carbocycles. The molecular formula is C18H15F3N2O4S. The summed E-state index contributed by atoms with van der Waals surface area (Å²) in [6.07, 6.45) is -2.01. The van der Waals surface area contributed by atoms with Crippen LogP contribution in [0.5, 0.6) is 5.75 Å². The third-order valence-electron chi connectivity index (χ3n) is 4.10. The number of primary sulfonamides is 1. The van der Waals surface area contributed by atoms with Gasteiger partial charge in [0.05, 0.1) is 4.90 Å². The molecule has 6 nitrogen and oxygen atoms in total. The number of alkyl halides is 3. The Hall–Kier alpha value is -2.85. The number of fused-ring (bicyclic) bond motifs is 1. The summed E-state index contributed by atoms with van der Waals surface area (Å²) in [4.78, 5) is 13.7. The average Bonchev–Trinajstić information content (AvgIpc) is 3.02. The topological polar surface area (TPSA) is 89.7 Å². The first-order chi connectivity index (χ1) is 13.0. The number of nitrogens with two attached hydrogens (primary N) is 1. The molecule has 0 saturated carbocycles. The van der Waals surface area contributed by atoms with Crippen LogP contribution in [0, 0.1) is 0 Å². The summed E-state index contributed by atoms with van der Waals surface area (Å²) in [5, 5.41) is 5.12. The van der Waals surface area contributed by atoms with Gasteiger partial charge < -0.3 is 9.64 Å². The zero-order chi connectivity index (χ0) is 20.5. The second-order valence-corrected chi connectivity index (χ2v) is 7.56. The maximum atomic E-state index is 12.5. The second kappa shape index (κ2) is 7.28. The summed E-state index contributed by atoms with van der Waals surface area (Å²) in [6, 6.07) is 9.66. The molecule has 0 fully saturated rings. The lowest BCUT2D eigenvalue weighted by atomic mass is 10.1. The van der Waals surface area contributed by atoms with E-state index in [2.05, 4.69) is 4.74 Å². The fraction of sp³-hybridized carbons (Fsp3) is 0.167. The molecule has 28 heavy (non-hydrogen) atoms. The highest BCUT2D eigenvalue weighted by atomic mass is 32.2. The van der Waals surface area contributed by atoms with Crippen molar-refractivity contribution in [1.82, 2.24) is 0 Å². The Morgan fingerprint density at radius 1 is 1.18 bits per heavy atom. The molecule has 0 spiro atoms. The molecule has 10 heteroatoms. The lowest BCUT2D eigenvalue weighted by Gasteiger charge is -2.16. The first kappa shape index (κ1) is 19.9. The van der Waals surface area contributed by atoms with Crippen molar-refractivity contribution in [3.63, 3.8) is 0 Å². The van der Waals surface area contributed by atoms with Gasteiger partial charge in [0.1, 0.15) is 5.75 Å². The van der Waals surface area contributed by atoms with E-state index in [-0.39, 0.29) is 10.5 Å². The Morgan fingerprint density at radius 2 is 1.89 bits per heavy atom. The standard InChI is InChI=1S/C18H15F3N2O4S/c19-18(20,21)27-16-4-2-1-3-13(16)6-8-17(24)23-10-9-12-5-7-14(11-15(12)23)28(22,25)26/h1-8,11H,9-10H2,(H2,22,25,26)/b8-6+. The third-order valence-corrected chi connectivity index (χ3v) is 5.01. The number of anilines is 1. The Labute approximate surface area is 159 Å². The van der Waals surface area contributed by atoms with Crippen LogP contribution >= 0.6 is 0 Å². The van der Waals surface area contributed by atoms with Gasteiger partial charge >= 0.3 is 6.36 Å². The largest absolute Gasteiger partial charge is 0.573 e. The Bertz CT molecular complexity index is 1050. The normalized spacial score (nSPS) is 14.4. The minimum absolute atomic E-state index is 0.0749. The van der Waals surface area contributed by atoms with Crippen molar-refractivity contribution in [1.29, 1.82) is 0 Å². The van der Waals surface area contributed by atoms with Crippen molar-refractivity contribution < 1.29 is 31.1 Å². The number of rotatable bonds is 4. The fourth-order valence-corrected chi connectivity index (χ4v) is 3.39. The van der Waals surface area contributed by atoms with Crippen molar-refractivity contribution in [3.8, 4) is 5.75 Å². The molecular weight excluding hydrogens is 397 g/mol. The van der Waals surface area contributed by atoms with Gasteiger partial charge in [-0.15, -0.1) is 13.2 Å². The minimum atomic E-state index is -4.86. The monoisotopic (exact) mass is 412 g/mol. The number of ether oxygens (including phenoxy) is 1. The molecule has 148 valence electrons. The van der Waals surface area contributed by atoms with Gasteiger partial charge in [0.15, 0.2) is 0 Å². The predicted molar refractivity (Wildman–Crippen MR) is 96.0 cm³/mol. The molecule has 2 aromatic rings. The Balaban J connectivity index is 1.85. The van der Waals surface area contributed by atoms with Crippen molar-refractivity contribution >= 4 is 27.7 Å². The highest BCUT2D eigenvalue weighted by Gasteiger charge is 2.32. The van der Waals surface area contributed by atoms with E-state index >= 15 is 0 Å². The number of carbonyl (C=O) groups is 1. The smallest absolute Gasteiger partial charge is 0.405 e. The van der Waals surface area contributed by atoms with E-state index < -0.39 is 28.0 Å². The van der Waals surface area contributed by atoms with E-state index in [1.54, 1.807) is 6.07 Å². The van der Waals surface area contributed by atoms with Crippen LogP contribution in [0.3, 0.4) is 0 Å².